The van der Waals surface area contributed by atoms with Crippen LogP contribution in [-0.4, -0.2) is 35.0 Å². The first-order valence-electron chi connectivity index (χ1n) is 9.91. The van der Waals surface area contributed by atoms with E-state index in [0.717, 1.165) is 25.5 Å². The molecule has 160 valence electrons. The minimum Gasteiger partial charge on any atom is -0.365 e. The Labute approximate surface area is 178 Å². The molecule has 0 saturated carbocycles. The highest BCUT2D eigenvalue weighted by Gasteiger charge is 2.21. The van der Waals surface area contributed by atoms with Crippen LogP contribution in [0.3, 0.4) is 0 Å². The van der Waals surface area contributed by atoms with Crippen LogP contribution in [0.5, 0.6) is 0 Å². The van der Waals surface area contributed by atoms with Crippen molar-refractivity contribution in [3.8, 4) is 11.1 Å². The number of benzene rings is 2. The maximum atomic E-state index is 14.2. The van der Waals surface area contributed by atoms with Crippen molar-refractivity contribution in [2.45, 2.75) is 18.9 Å². The molecule has 0 aliphatic carbocycles. The molecule has 3 aromatic rings. The molecule has 0 radical (unpaired) electrons. The maximum absolute atomic E-state index is 14.2. The number of carbonyl (C=O) groups is 1. The van der Waals surface area contributed by atoms with Crippen molar-refractivity contribution in [1.82, 2.24) is 9.97 Å². The van der Waals surface area contributed by atoms with E-state index in [4.69, 9.17) is 11.5 Å². The number of hydrogen-bond donors (Lipinski definition) is 3. The Kier molecular flexibility index (Phi) is 5.77. The summed E-state index contributed by atoms with van der Waals surface area (Å²) >= 11 is 0. The van der Waals surface area contributed by atoms with Crippen LogP contribution in [0, 0.1) is 11.6 Å². The van der Waals surface area contributed by atoms with Gasteiger partial charge in [-0.2, -0.15) is 4.98 Å². The van der Waals surface area contributed by atoms with Gasteiger partial charge in [0.05, 0.1) is 0 Å². The van der Waals surface area contributed by atoms with E-state index in [1.54, 1.807) is 24.3 Å². The summed E-state index contributed by atoms with van der Waals surface area (Å²) in [6, 6.07) is 10.8. The predicted octanol–water partition coefficient (Wildman–Crippen LogP) is 3.19. The SMILES string of the molecule is NC(=O)c1cnc(N2CCCC(N)C2)nc1Nc1cccc(-c2cccc(F)c2F)c1. The summed E-state index contributed by atoms with van der Waals surface area (Å²) in [6.45, 7) is 1.38. The summed E-state index contributed by atoms with van der Waals surface area (Å²) in [7, 11) is 0. The molecule has 1 aliphatic heterocycles. The van der Waals surface area contributed by atoms with Gasteiger partial charge < -0.3 is 21.7 Å². The summed E-state index contributed by atoms with van der Waals surface area (Å²) in [4.78, 5) is 22.6. The molecule has 1 atom stereocenters. The summed E-state index contributed by atoms with van der Waals surface area (Å²) in [6.07, 6.45) is 3.24. The maximum Gasteiger partial charge on any atom is 0.254 e. The molecule has 0 bridgehead atoms. The summed E-state index contributed by atoms with van der Waals surface area (Å²) in [5, 5.41) is 3.06. The number of amides is 1. The number of piperidine rings is 1. The van der Waals surface area contributed by atoms with E-state index in [1.807, 2.05) is 4.90 Å². The van der Waals surface area contributed by atoms with Crippen LogP contribution in [-0.2, 0) is 0 Å². The van der Waals surface area contributed by atoms with Gasteiger partial charge in [-0.3, -0.25) is 4.79 Å². The average Bonchev–Trinajstić information content (AvgIpc) is 2.75. The van der Waals surface area contributed by atoms with E-state index < -0.39 is 17.5 Å². The zero-order valence-corrected chi connectivity index (χ0v) is 16.7. The number of anilines is 3. The van der Waals surface area contributed by atoms with Gasteiger partial charge in [0.2, 0.25) is 5.95 Å². The number of carbonyl (C=O) groups excluding carboxylic acids is 1. The summed E-state index contributed by atoms with van der Waals surface area (Å²) < 4.78 is 27.8. The van der Waals surface area contributed by atoms with Crippen LogP contribution in [0.2, 0.25) is 0 Å². The molecule has 1 fully saturated rings. The molecule has 1 unspecified atom stereocenters. The normalized spacial score (nSPS) is 16.2. The fraction of sp³-hybridized carbons (Fsp3) is 0.227. The lowest BCUT2D eigenvalue weighted by Crippen LogP contribution is -2.43. The number of rotatable bonds is 5. The van der Waals surface area contributed by atoms with Crippen molar-refractivity contribution in [2.24, 2.45) is 11.5 Å². The van der Waals surface area contributed by atoms with E-state index in [2.05, 4.69) is 15.3 Å². The van der Waals surface area contributed by atoms with Crippen molar-refractivity contribution in [2.75, 3.05) is 23.3 Å². The number of halogens is 2. The van der Waals surface area contributed by atoms with Crippen molar-refractivity contribution < 1.29 is 13.6 Å². The predicted molar refractivity (Wildman–Crippen MR) is 115 cm³/mol. The van der Waals surface area contributed by atoms with Crippen molar-refractivity contribution in [3.05, 3.63) is 65.9 Å². The second kappa shape index (κ2) is 8.65. The number of primary amides is 1. The van der Waals surface area contributed by atoms with Crippen LogP contribution < -0.4 is 21.7 Å². The van der Waals surface area contributed by atoms with Gasteiger partial charge in [-0.15, -0.1) is 0 Å². The molecule has 1 saturated heterocycles. The van der Waals surface area contributed by atoms with Crippen molar-refractivity contribution in [3.63, 3.8) is 0 Å². The Morgan fingerprint density at radius 1 is 1.19 bits per heavy atom. The zero-order valence-electron chi connectivity index (χ0n) is 16.7. The van der Waals surface area contributed by atoms with Gasteiger partial charge in [-0.1, -0.05) is 24.3 Å². The minimum absolute atomic E-state index is 0.0300. The van der Waals surface area contributed by atoms with E-state index in [0.29, 0.717) is 23.7 Å². The van der Waals surface area contributed by atoms with Crippen LogP contribution in [0.4, 0.5) is 26.2 Å². The summed E-state index contributed by atoms with van der Waals surface area (Å²) in [5.74, 6) is -1.87. The third-order valence-electron chi connectivity index (χ3n) is 5.17. The molecule has 4 rings (SSSR count). The molecule has 1 aliphatic rings. The van der Waals surface area contributed by atoms with E-state index in [1.165, 1.54) is 18.3 Å². The Hall–Kier alpha value is -3.59. The number of aromatic nitrogens is 2. The molecule has 0 spiro atoms. The second-order valence-corrected chi connectivity index (χ2v) is 7.45. The van der Waals surface area contributed by atoms with Gasteiger partial charge in [0, 0.05) is 36.6 Å². The highest BCUT2D eigenvalue weighted by atomic mass is 19.2. The van der Waals surface area contributed by atoms with Crippen molar-refractivity contribution >= 4 is 23.4 Å². The lowest BCUT2D eigenvalue weighted by Gasteiger charge is -2.31. The third-order valence-corrected chi connectivity index (χ3v) is 5.17. The van der Waals surface area contributed by atoms with Gasteiger partial charge in [0.1, 0.15) is 11.4 Å². The first-order chi connectivity index (χ1) is 14.9. The van der Waals surface area contributed by atoms with Gasteiger partial charge in [-0.05, 0) is 36.6 Å². The molecule has 5 N–H and O–H groups in total. The topological polar surface area (TPSA) is 110 Å². The molecular weight excluding hydrogens is 402 g/mol. The van der Waals surface area contributed by atoms with Gasteiger partial charge in [-0.25, -0.2) is 13.8 Å². The van der Waals surface area contributed by atoms with Gasteiger partial charge in [0.25, 0.3) is 5.91 Å². The van der Waals surface area contributed by atoms with Crippen molar-refractivity contribution in [1.29, 1.82) is 0 Å². The molecule has 2 heterocycles. The number of hydrogen-bond acceptors (Lipinski definition) is 6. The summed E-state index contributed by atoms with van der Waals surface area (Å²) in [5.41, 5.74) is 12.8. The second-order valence-electron chi connectivity index (χ2n) is 7.45. The Morgan fingerprint density at radius 3 is 2.77 bits per heavy atom. The average molecular weight is 424 g/mol. The fourth-order valence-electron chi connectivity index (χ4n) is 3.62. The van der Waals surface area contributed by atoms with Crippen LogP contribution in [0.15, 0.2) is 48.7 Å². The number of nitrogens with two attached hydrogens (primary N) is 2. The minimum atomic E-state index is -0.928. The zero-order chi connectivity index (χ0) is 22.0. The lowest BCUT2D eigenvalue weighted by atomic mass is 10.0. The third kappa shape index (κ3) is 4.46. The van der Waals surface area contributed by atoms with E-state index >= 15 is 0 Å². The Morgan fingerprint density at radius 2 is 2.00 bits per heavy atom. The lowest BCUT2D eigenvalue weighted by molar-refractivity contribution is 0.100. The standard InChI is InChI=1S/C22H22F2N6O/c23-18-8-2-7-16(19(18)24)13-4-1-6-15(10-13)28-21-17(20(26)31)11-27-22(29-21)30-9-3-5-14(25)12-30/h1-2,4,6-8,10-11,14H,3,5,9,12,25H2,(H2,26,31)(H,27,28,29). The van der Waals surface area contributed by atoms with Crippen LogP contribution >= 0.6 is 0 Å². The highest BCUT2D eigenvalue weighted by molar-refractivity contribution is 5.98. The highest BCUT2D eigenvalue weighted by Crippen LogP contribution is 2.29. The van der Waals surface area contributed by atoms with Crippen LogP contribution in [0.1, 0.15) is 23.2 Å². The number of nitrogens with one attached hydrogen (secondary N) is 1. The van der Waals surface area contributed by atoms with E-state index in [-0.39, 0.29) is 23.0 Å². The quantitative estimate of drug-likeness (QED) is 0.580. The largest absolute Gasteiger partial charge is 0.365 e. The Bertz CT molecular complexity index is 1120. The molecule has 7 nitrogen and oxygen atoms in total. The molecule has 9 heteroatoms. The molecule has 1 aromatic heterocycles. The molecule has 1 amide bonds. The first-order valence-corrected chi connectivity index (χ1v) is 9.91. The smallest absolute Gasteiger partial charge is 0.254 e. The van der Waals surface area contributed by atoms with E-state index in [9.17, 15) is 13.6 Å². The van der Waals surface area contributed by atoms with Gasteiger partial charge >= 0.3 is 0 Å². The van der Waals surface area contributed by atoms with Crippen LogP contribution in [0.25, 0.3) is 11.1 Å². The van der Waals surface area contributed by atoms with Gasteiger partial charge in [0.15, 0.2) is 11.6 Å². The molecule has 2 aromatic carbocycles. The molecule has 31 heavy (non-hydrogen) atoms. The Balaban J connectivity index is 1.67. The first kappa shape index (κ1) is 20.7. The monoisotopic (exact) mass is 424 g/mol. The fourth-order valence-corrected chi connectivity index (χ4v) is 3.62. The molecular formula is C22H22F2N6O. The number of nitrogens with zero attached hydrogens (tertiary/aromatic N) is 3.